The molecule has 0 spiro atoms. The standard InChI is InChI=1S/C19H17ClN4O4S2/c1-27-15-5-3-2-4-14(15)21-17(26)11-29-19-24-23-18(30-19)22-16(25)10-28-13-8-6-12(20)7-9-13/h2-9H,10-11H2,1H3,(H,21,26)(H,22,23,25). The summed E-state index contributed by atoms with van der Waals surface area (Å²) < 4.78 is 11.1. The molecule has 0 aliphatic carbocycles. The van der Waals surface area contributed by atoms with Crippen molar-refractivity contribution in [2.75, 3.05) is 30.1 Å². The van der Waals surface area contributed by atoms with Gasteiger partial charge in [0, 0.05) is 5.02 Å². The topological polar surface area (TPSA) is 102 Å². The molecule has 3 rings (SSSR count). The average Bonchev–Trinajstić information content (AvgIpc) is 3.19. The number of thioether (sulfide) groups is 1. The van der Waals surface area contributed by atoms with E-state index in [0.29, 0.717) is 31.7 Å². The molecule has 0 atom stereocenters. The summed E-state index contributed by atoms with van der Waals surface area (Å²) in [5.74, 6) is 0.676. The van der Waals surface area contributed by atoms with E-state index in [1.54, 1.807) is 36.4 Å². The SMILES string of the molecule is COc1ccccc1NC(=O)CSc1nnc(NC(=O)COc2ccc(Cl)cc2)s1. The maximum atomic E-state index is 12.2. The molecule has 0 aliphatic rings. The molecule has 0 aliphatic heterocycles. The molecule has 0 radical (unpaired) electrons. The highest BCUT2D eigenvalue weighted by atomic mass is 35.5. The lowest BCUT2D eigenvalue weighted by molar-refractivity contribution is -0.118. The van der Waals surface area contributed by atoms with Gasteiger partial charge < -0.3 is 14.8 Å². The molecule has 8 nitrogen and oxygen atoms in total. The van der Waals surface area contributed by atoms with Crippen molar-refractivity contribution in [2.45, 2.75) is 4.34 Å². The van der Waals surface area contributed by atoms with E-state index in [1.807, 2.05) is 12.1 Å². The van der Waals surface area contributed by atoms with Gasteiger partial charge in [0.2, 0.25) is 11.0 Å². The van der Waals surface area contributed by atoms with E-state index in [1.165, 1.54) is 30.2 Å². The van der Waals surface area contributed by atoms with Crippen LogP contribution in [0.2, 0.25) is 5.02 Å². The van der Waals surface area contributed by atoms with Crippen LogP contribution in [0.4, 0.5) is 10.8 Å². The van der Waals surface area contributed by atoms with E-state index >= 15 is 0 Å². The van der Waals surface area contributed by atoms with Crippen molar-refractivity contribution >= 4 is 57.3 Å². The summed E-state index contributed by atoms with van der Waals surface area (Å²) in [5, 5.41) is 14.2. The zero-order valence-electron chi connectivity index (χ0n) is 15.8. The molecule has 3 aromatic rings. The minimum absolute atomic E-state index is 0.139. The van der Waals surface area contributed by atoms with Gasteiger partial charge in [-0.15, -0.1) is 10.2 Å². The third-order valence-corrected chi connectivity index (χ3v) is 5.77. The van der Waals surface area contributed by atoms with E-state index in [2.05, 4.69) is 20.8 Å². The fourth-order valence-electron chi connectivity index (χ4n) is 2.22. The molecule has 2 amide bonds. The first-order valence-electron chi connectivity index (χ1n) is 8.61. The molecule has 11 heteroatoms. The number of nitrogens with zero attached hydrogens (tertiary/aromatic N) is 2. The second-order valence-corrected chi connectivity index (χ2v) is 8.34. The minimum atomic E-state index is -0.369. The Kier molecular flexibility index (Phi) is 7.89. The normalized spacial score (nSPS) is 10.3. The molecule has 1 aromatic heterocycles. The molecule has 2 aromatic carbocycles. The zero-order chi connectivity index (χ0) is 21.3. The summed E-state index contributed by atoms with van der Waals surface area (Å²) >= 11 is 8.19. The number of carbonyl (C=O) groups is 2. The van der Waals surface area contributed by atoms with Gasteiger partial charge in [-0.3, -0.25) is 14.9 Å². The first-order valence-corrected chi connectivity index (χ1v) is 10.8. The zero-order valence-corrected chi connectivity index (χ0v) is 18.1. The Labute approximate surface area is 185 Å². The van der Waals surface area contributed by atoms with Gasteiger partial charge in [0.25, 0.3) is 5.91 Å². The smallest absolute Gasteiger partial charge is 0.264 e. The summed E-state index contributed by atoms with van der Waals surface area (Å²) in [5.41, 5.74) is 0.594. The Balaban J connectivity index is 1.43. The van der Waals surface area contributed by atoms with Crippen molar-refractivity contribution in [2.24, 2.45) is 0 Å². The van der Waals surface area contributed by atoms with Gasteiger partial charge in [0.05, 0.1) is 18.6 Å². The molecule has 1 heterocycles. The number of anilines is 2. The Hall–Kier alpha value is -2.82. The number of carbonyl (C=O) groups excluding carboxylic acids is 2. The first kappa shape index (κ1) is 21.9. The van der Waals surface area contributed by atoms with Crippen LogP contribution in [0.15, 0.2) is 52.9 Å². The van der Waals surface area contributed by atoms with Gasteiger partial charge in [0.1, 0.15) is 11.5 Å². The Morgan fingerprint density at radius 1 is 1.07 bits per heavy atom. The lowest BCUT2D eigenvalue weighted by Crippen LogP contribution is -2.20. The fourth-order valence-corrected chi connectivity index (χ4v) is 3.91. The number of nitrogens with one attached hydrogen (secondary N) is 2. The number of aromatic nitrogens is 2. The van der Waals surface area contributed by atoms with Gasteiger partial charge in [-0.2, -0.15) is 0 Å². The van der Waals surface area contributed by atoms with E-state index < -0.39 is 0 Å². The predicted octanol–water partition coefficient (Wildman–Crippen LogP) is 3.95. The fraction of sp³-hybridized carbons (Fsp3) is 0.158. The summed E-state index contributed by atoms with van der Waals surface area (Å²) in [7, 11) is 1.54. The molecule has 0 bridgehead atoms. The number of para-hydroxylation sites is 2. The average molecular weight is 465 g/mol. The molecule has 2 N–H and O–H groups in total. The summed E-state index contributed by atoms with van der Waals surface area (Å²) in [4.78, 5) is 24.1. The van der Waals surface area contributed by atoms with Crippen LogP contribution in [-0.2, 0) is 9.59 Å². The van der Waals surface area contributed by atoms with Crippen LogP contribution in [-0.4, -0.2) is 41.5 Å². The number of ether oxygens (including phenoxy) is 2. The van der Waals surface area contributed by atoms with Crippen molar-refractivity contribution in [1.29, 1.82) is 0 Å². The predicted molar refractivity (Wildman–Crippen MR) is 118 cm³/mol. The minimum Gasteiger partial charge on any atom is -0.495 e. The van der Waals surface area contributed by atoms with Crippen molar-refractivity contribution in [3.63, 3.8) is 0 Å². The van der Waals surface area contributed by atoms with E-state index in [4.69, 9.17) is 21.1 Å². The van der Waals surface area contributed by atoms with Crippen LogP contribution in [0.25, 0.3) is 0 Å². The van der Waals surface area contributed by atoms with Crippen molar-refractivity contribution in [3.05, 3.63) is 53.6 Å². The van der Waals surface area contributed by atoms with E-state index in [0.717, 1.165) is 0 Å². The van der Waals surface area contributed by atoms with Gasteiger partial charge in [0.15, 0.2) is 10.9 Å². The number of methoxy groups -OCH3 is 1. The van der Waals surface area contributed by atoms with Crippen LogP contribution in [0, 0.1) is 0 Å². The third-order valence-electron chi connectivity index (χ3n) is 3.54. The number of benzene rings is 2. The Bertz CT molecular complexity index is 1010. The molecular formula is C19H17ClN4O4S2. The van der Waals surface area contributed by atoms with Crippen LogP contribution in [0.1, 0.15) is 0 Å². The molecule has 0 saturated heterocycles. The third kappa shape index (κ3) is 6.61. The van der Waals surface area contributed by atoms with Crippen molar-refractivity contribution < 1.29 is 19.1 Å². The van der Waals surface area contributed by atoms with Gasteiger partial charge in [-0.25, -0.2) is 0 Å². The molecular weight excluding hydrogens is 448 g/mol. The maximum Gasteiger partial charge on any atom is 0.264 e. The van der Waals surface area contributed by atoms with Gasteiger partial charge in [-0.05, 0) is 36.4 Å². The molecule has 0 saturated carbocycles. The quantitative estimate of drug-likeness (QED) is 0.365. The number of rotatable bonds is 9. The largest absolute Gasteiger partial charge is 0.495 e. The number of halogens is 1. The highest BCUT2D eigenvalue weighted by molar-refractivity contribution is 8.01. The lowest BCUT2D eigenvalue weighted by Gasteiger charge is -2.08. The maximum absolute atomic E-state index is 12.2. The second-order valence-electron chi connectivity index (χ2n) is 5.70. The Morgan fingerprint density at radius 2 is 1.83 bits per heavy atom. The number of amides is 2. The molecule has 0 unspecified atom stereocenters. The summed E-state index contributed by atoms with van der Waals surface area (Å²) in [6.07, 6.45) is 0. The number of hydrogen-bond acceptors (Lipinski definition) is 8. The van der Waals surface area contributed by atoms with Crippen molar-refractivity contribution in [3.8, 4) is 11.5 Å². The summed E-state index contributed by atoms with van der Waals surface area (Å²) in [6, 6.07) is 13.8. The number of hydrogen-bond donors (Lipinski definition) is 2. The van der Waals surface area contributed by atoms with Crippen LogP contribution < -0.4 is 20.1 Å². The molecule has 30 heavy (non-hydrogen) atoms. The van der Waals surface area contributed by atoms with Crippen LogP contribution >= 0.6 is 34.7 Å². The second kappa shape index (κ2) is 10.8. The van der Waals surface area contributed by atoms with E-state index in [9.17, 15) is 9.59 Å². The Morgan fingerprint density at radius 3 is 2.60 bits per heavy atom. The van der Waals surface area contributed by atoms with Gasteiger partial charge in [-0.1, -0.05) is 46.8 Å². The summed E-state index contributed by atoms with van der Waals surface area (Å²) in [6.45, 7) is -0.176. The van der Waals surface area contributed by atoms with Crippen LogP contribution in [0.3, 0.4) is 0 Å². The molecule has 0 fully saturated rings. The highest BCUT2D eigenvalue weighted by Crippen LogP contribution is 2.27. The van der Waals surface area contributed by atoms with Crippen LogP contribution in [0.5, 0.6) is 11.5 Å². The van der Waals surface area contributed by atoms with Gasteiger partial charge >= 0.3 is 0 Å². The van der Waals surface area contributed by atoms with E-state index in [-0.39, 0.29) is 24.2 Å². The first-order chi connectivity index (χ1) is 14.5. The monoisotopic (exact) mass is 464 g/mol. The van der Waals surface area contributed by atoms with Crippen molar-refractivity contribution in [1.82, 2.24) is 10.2 Å². The lowest BCUT2D eigenvalue weighted by atomic mass is 10.3. The highest BCUT2D eigenvalue weighted by Gasteiger charge is 2.12. The molecule has 156 valence electrons.